The molecule has 1 fully saturated rings. The average Bonchev–Trinajstić information content (AvgIpc) is 2.63. The van der Waals surface area contributed by atoms with E-state index in [2.05, 4.69) is 0 Å². The molecular formula is C15H20O4. The van der Waals surface area contributed by atoms with Crippen LogP contribution in [0.5, 0.6) is 0 Å². The Labute approximate surface area is 112 Å². The van der Waals surface area contributed by atoms with Crippen LogP contribution in [-0.2, 0) is 9.53 Å². The Bertz CT molecular complexity index is 492. The molecule has 1 saturated heterocycles. The van der Waals surface area contributed by atoms with Gasteiger partial charge in [0.2, 0.25) is 0 Å². The van der Waals surface area contributed by atoms with Crippen LogP contribution in [0.25, 0.3) is 0 Å². The standard InChI is InChI=1S/C15H20O4/c1-7-9-4-5-15(3)11(17)6-10(16)8(2)12(15)13(9)19-14(7)18/h4-5,7,9-11,13,16-17H,6H2,1-3H3/t7-,9-,10+,11-,13-,15-/m0/s1. The number of aliphatic hydroxyl groups excluding tert-OH is 2. The molecule has 3 aliphatic rings. The van der Waals surface area contributed by atoms with Crippen molar-refractivity contribution in [3.05, 3.63) is 23.3 Å². The van der Waals surface area contributed by atoms with E-state index in [9.17, 15) is 15.0 Å². The lowest BCUT2D eigenvalue weighted by Gasteiger charge is -2.46. The Morgan fingerprint density at radius 1 is 1.42 bits per heavy atom. The van der Waals surface area contributed by atoms with Gasteiger partial charge in [-0.2, -0.15) is 0 Å². The van der Waals surface area contributed by atoms with Crippen molar-refractivity contribution in [2.75, 3.05) is 0 Å². The molecular weight excluding hydrogens is 244 g/mol. The number of carbonyl (C=O) groups excluding carboxylic acids is 1. The maximum absolute atomic E-state index is 11.8. The predicted octanol–water partition coefficient (Wildman–Crippen LogP) is 1.18. The highest BCUT2D eigenvalue weighted by molar-refractivity contribution is 5.76. The van der Waals surface area contributed by atoms with Crippen molar-refractivity contribution >= 4 is 5.97 Å². The zero-order valence-corrected chi connectivity index (χ0v) is 11.5. The van der Waals surface area contributed by atoms with Gasteiger partial charge in [0, 0.05) is 17.8 Å². The van der Waals surface area contributed by atoms with Crippen LogP contribution in [0.1, 0.15) is 27.2 Å². The number of esters is 1. The van der Waals surface area contributed by atoms with E-state index >= 15 is 0 Å². The molecule has 6 atom stereocenters. The molecule has 0 aromatic heterocycles. The third kappa shape index (κ3) is 1.56. The molecule has 0 spiro atoms. The van der Waals surface area contributed by atoms with Crippen molar-refractivity contribution in [2.45, 2.75) is 45.5 Å². The van der Waals surface area contributed by atoms with Gasteiger partial charge < -0.3 is 14.9 Å². The molecule has 2 N–H and O–H groups in total. The zero-order chi connectivity index (χ0) is 13.9. The Hall–Kier alpha value is -1.13. The molecule has 4 nitrogen and oxygen atoms in total. The third-order valence-corrected chi connectivity index (χ3v) is 5.13. The van der Waals surface area contributed by atoms with Crippen LogP contribution in [0, 0.1) is 17.3 Å². The summed E-state index contributed by atoms with van der Waals surface area (Å²) in [5, 5.41) is 20.4. The van der Waals surface area contributed by atoms with Gasteiger partial charge in [-0.25, -0.2) is 0 Å². The fourth-order valence-electron chi connectivity index (χ4n) is 3.71. The van der Waals surface area contributed by atoms with Crippen molar-refractivity contribution in [1.29, 1.82) is 0 Å². The van der Waals surface area contributed by atoms with Gasteiger partial charge in [0.05, 0.1) is 18.1 Å². The normalized spacial score (nSPS) is 48.9. The van der Waals surface area contributed by atoms with E-state index in [1.165, 1.54) is 0 Å². The van der Waals surface area contributed by atoms with Crippen LogP contribution in [0.3, 0.4) is 0 Å². The third-order valence-electron chi connectivity index (χ3n) is 5.13. The van der Waals surface area contributed by atoms with E-state index in [0.717, 1.165) is 11.1 Å². The van der Waals surface area contributed by atoms with Crippen molar-refractivity contribution in [1.82, 2.24) is 0 Å². The number of ether oxygens (including phenoxy) is 1. The molecule has 0 aromatic carbocycles. The lowest BCUT2D eigenvalue weighted by molar-refractivity contribution is -0.143. The fraction of sp³-hybridized carbons (Fsp3) is 0.667. The average molecular weight is 264 g/mol. The second-order valence-electron chi connectivity index (χ2n) is 6.23. The van der Waals surface area contributed by atoms with Crippen LogP contribution in [-0.4, -0.2) is 34.5 Å². The van der Waals surface area contributed by atoms with E-state index < -0.39 is 17.6 Å². The second-order valence-corrected chi connectivity index (χ2v) is 6.23. The number of rotatable bonds is 0. The van der Waals surface area contributed by atoms with Crippen molar-refractivity contribution < 1.29 is 19.7 Å². The maximum Gasteiger partial charge on any atom is 0.310 e. The van der Waals surface area contributed by atoms with Crippen molar-refractivity contribution in [2.24, 2.45) is 17.3 Å². The van der Waals surface area contributed by atoms with E-state index in [0.29, 0.717) is 6.42 Å². The predicted molar refractivity (Wildman–Crippen MR) is 69.1 cm³/mol. The van der Waals surface area contributed by atoms with E-state index in [4.69, 9.17) is 4.74 Å². The highest BCUT2D eigenvalue weighted by atomic mass is 16.6. The van der Waals surface area contributed by atoms with Gasteiger partial charge in [0.25, 0.3) is 0 Å². The van der Waals surface area contributed by atoms with E-state index in [-0.39, 0.29) is 23.9 Å². The molecule has 104 valence electrons. The minimum Gasteiger partial charge on any atom is -0.457 e. The first-order valence-corrected chi connectivity index (χ1v) is 6.83. The smallest absolute Gasteiger partial charge is 0.310 e. The summed E-state index contributed by atoms with van der Waals surface area (Å²) in [6, 6.07) is 0. The van der Waals surface area contributed by atoms with Gasteiger partial charge in [-0.05, 0) is 25.0 Å². The van der Waals surface area contributed by atoms with Crippen LogP contribution in [0.2, 0.25) is 0 Å². The summed E-state index contributed by atoms with van der Waals surface area (Å²) in [7, 11) is 0. The van der Waals surface area contributed by atoms with Crippen molar-refractivity contribution in [3.63, 3.8) is 0 Å². The summed E-state index contributed by atoms with van der Waals surface area (Å²) in [4.78, 5) is 11.8. The summed E-state index contributed by atoms with van der Waals surface area (Å²) in [6.45, 7) is 5.69. The van der Waals surface area contributed by atoms with Crippen molar-refractivity contribution in [3.8, 4) is 0 Å². The highest BCUT2D eigenvalue weighted by Gasteiger charge is 2.54. The van der Waals surface area contributed by atoms with E-state index in [1.54, 1.807) is 0 Å². The molecule has 0 radical (unpaired) electrons. The number of fused-ring (bicyclic) bond motifs is 3. The number of aliphatic hydroxyl groups is 2. The SMILES string of the molecule is CC1=C2[C@H]3OC(=O)[C@@H](C)[C@@H]3C=C[C@@]2(C)[C@@H](O)C[C@H]1O. The zero-order valence-electron chi connectivity index (χ0n) is 11.5. The molecule has 4 heteroatoms. The molecule has 0 aromatic rings. The number of hydrogen-bond donors (Lipinski definition) is 2. The molecule has 0 bridgehead atoms. The van der Waals surface area contributed by atoms with Gasteiger partial charge in [-0.1, -0.05) is 19.1 Å². The van der Waals surface area contributed by atoms with Crippen LogP contribution in [0.15, 0.2) is 23.3 Å². The van der Waals surface area contributed by atoms with Crippen LogP contribution in [0.4, 0.5) is 0 Å². The summed E-state index contributed by atoms with van der Waals surface area (Å²) < 4.78 is 5.51. The molecule has 1 aliphatic heterocycles. The van der Waals surface area contributed by atoms with Gasteiger partial charge in [-0.15, -0.1) is 0 Å². The first-order chi connectivity index (χ1) is 8.86. The quantitative estimate of drug-likeness (QED) is 0.509. The first-order valence-electron chi connectivity index (χ1n) is 6.83. The minimum absolute atomic E-state index is 0.0167. The number of hydrogen-bond acceptors (Lipinski definition) is 4. The molecule has 3 rings (SSSR count). The Morgan fingerprint density at radius 3 is 2.79 bits per heavy atom. The monoisotopic (exact) mass is 264 g/mol. The van der Waals surface area contributed by atoms with Crippen LogP contribution >= 0.6 is 0 Å². The molecule has 0 amide bonds. The fourth-order valence-corrected chi connectivity index (χ4v) is 3.71. The van der Waals surface area contributed by atoms with Gasteiger partial charge in [0.15, 0.2) is 0 Å². The van der Waals surface area contributed by atoms with Gasteiger partial charge in [-0.3, -0.25) is 4.79 Å². The highest BCUT2D eigenvalue weighted by Crippen LogP contribution is 2.52. The minimum atomic E-state index is -0.653. The molecule has 0 saturated carbocycles. The van der Waals surface area contributed by atoms with E-state index in [1.807, 2.05) is 32.9 Å². The van der Waals surface area contributed by atoms with Gasteiger partial charge in [0.1, 0.15) is 6.10 Å². The summed E-state index contributed by atoms with van der Waals surface area (Å²) in [6.07, 6.45) is 2.69. The Morgan fingerprint density at radius 2 is 2.11 bits per heavy atom. The maximum atomic E-state index is 11.8. The largest absolute Gasteiger partial charge is 0.457 e. The Balaban J connectivity index is 2.15. The molecule has 0 unspecified atom stereocenters. The lowest BCUT2D eigenvalue weighted by Crippen LogP contribution is -2.47. The molecule has 19 heavy (non-hydrogen) atoms. The molecule has 2 aliphatic carbocycles. The number of carbonyl (C=O) groups is 1. The first kappa shape index (κ1) is 12.9. The van der Waals surface area contributed by atoms with Gasteiger partial charge >= 0.3 is 5.97 Å². The van der Waals surface area contributed by atoms with Crippen LogP contribution < -0.4 is 0 Å². The summed E-state index contributed by atoms with van der Waals surface area (Å²) in [5.74, 6) is -0.343. The summed E-state index contributed by atoms with van der Waals surface area (Å²) in [5.41, 5.74) is 1.20. The Kier molecular flexibility index (Phi) is 2.67. The lowest BCUT2D eigenvalue weighted by atomic mass is 9.61. The molecule has 1 heterocycles. The topological polar surface area (TPSA) is 66.8 Å². The summed E-state index contributed by atoms with van der Waals surface area (Å²) >= 11 is 0. The second kappa shape index (κ2) is 3.93.